The summed E-state index contributed by atoms with van der Waals surface area (Å²) in [5, 5.41) is 4.98. The van der Waals surface area contributed by atoms with Crippen molar-refractivity contribution in [2.45, 2.75) is 19.6 Å². The van der Waals surface area contributed by atoms with Gasteiger partial charge in [-0.1, -0.05) is 24.3 Å². The van der Waals surface area contributed by atoms with Crippen molar-refractivity contribution in [3.05, 3.63) is 51.7 Å². The van der Waals surface area contributed by atoms with Gasteiger partial charge < -0.3 is 10.1 Å². The van der Waals surface area contributed by atoms with Crippen LogP contribution in [-0.4, -0.2) is 24.8 Å². The van der Waals surface area contributed by atoms with E-state index in [0.717, 1.165) is 28.4 Å². The monoisotopic (exact) mass is 335 g/mol. The maximum Gasteiger partial charge on any atom is 0.257 e. The molecule has 0 bridgehead atoms. The largest absolute Gasteiger partial charge is 0.483 e. The van der Waals surface area contributed by atoms with Crippen molar-refractivity contribution >= 4 is 29.0 Å². The molecule has 0 aliphatic carbocycles. The second-order valence-corrected chi connectivity index (χ2v) is 7.13. The SMILES string of the molecule is Cc1cccc(C)c1OCC(=O)NCCSCc1cccs1. The van der Waals surface area contributed by atoms with Crippen LogP contribution in [0.2, 0.25) is 0 Å². The fraction of sp³-hybridized carbons (Fsp3) is 0.353. The van der Waals surface area contributed by atoms with E-state index in [0.29, 0.717) is 6.54 Å². The number of nitrogens with one attached hydrogen (secondary N) is 1. The van der Waals surface area contributed by atoms with Gasteiger partial charge in [0, 0.05) is 22.9 Å². The highest BCUT2D eigenvalue weighted by Crippen LogP contribution is 2.22. The first kappa shape index (κ1) is 16.9. The summed E-state index contributed by atoms with van der Waals surface area (Å²) in [4.78, 5) is 13.2. The number of thiophene rings is 1. The zero-order valence-corrected chi connectivity index (χ0v) is 14.6. The Kier molecular flexibility index (Phi) is 6.80. The standard InChI is InChI=1S/C17H21NO2S2/c1-13-5-3-6-14(2)17(13)20-11-16(19)18-8-10-21-12-15-7-4-9-22-15/h3-7,9H,8,10-12H2,1-2H3,(H,18,19). The summed E-state index contributed by atoms with van der Waals surface area (Å²) in [7, 11) is 0. The van der Waals surface area contributed by atoms with Crippen LogP contribution in [0.1, 0.15) is 16.0 Å². The number of carbonyl (C=O) groups excluding carboxylic acids is 1. The first-order valence-corrected chi connectivity index (χ1v) is 9.26. The second kappa shape index (κ2) is 8.86. The Bertz CT molecular complexity index is 576. The normalized spacial score (nSPS) is 10.5. The van der Waals surface area contributed by atoms with Crippen molar-refractivity contribution in [3.63, 3.8) is 0 Å². The maximum absolute atomic E-state index is 11.8. The summed E-state index contributed by atoms with van der Waals surface area (Å²) in [5.41, 5.74) is 2.11. The van der Waals surface area contributed by atoms with Gasteiger partial charge >= 0.3 is 0 Å². The quantitative estimate of drug-likeness (QED) is 0.746. The van der Waals surface area contributed by atoms with E-state index in [1.807, 2.05) is 43.8 Å². The van der Waals surface area contributed by atoms with Gasteiger partial charge in [0.25, 0.3) is 5.91 Å². The summed E-state index contributed by atoms with van der Waals surface area (Å²) in [6.45, 7) is 4.72. The van der Waals surface area contributed by atoms with Gasteiger partial charge in [-0.25, -0.2) is 0 Å². The van der Waals surface area contributed by atoms with E-state index in [-0.39, 0.29) is 12.5 Å². The predicted octanol–water partition coefficient (Wildman–Crippen LogP) is 3.79. The van der Waals surface area contributed by atoms with E-state index < -0.39 is 0 Å². The summed E-state index contributed by atoms with van der Waals surface area (Å²) in [5.74, 6) is 2.66. The predicted molar refractivity (Wildman–Crippen MR) is 94.9 cm³/mol. The Hall–Kier alpha value is -1.46. The molecule has 1 amide bonds. The lowest BCUT2D eigenvalue weighted by Gasteiger charge is -2.11. The van der Waals surface area contributed by atoms with Crippen molar-refractivity contribution in [1.82, 2.24) is 5.32 Å². The molecule has 0 aliphatic rings. The Morgan fingerprint density at radius 2 is 2.00 bits per heavy atom. The van der Waals surface area contributed by atoms with Gasteiger partial charge in [-0.3, -0.25) is 4.79 Å². The van der Waals surface area contributed by atoms with Gasteiger partial charge in [0.05, 0.1) is 0 Å². The number of amides is 1. The van der Waals surface area contributed by atoms with Gasteiger partial charge in [-0.15, -0.1) is 11.3 Å². The lowest BCUT2D eigenvalue weighted by atomic mass is 10.1. The lowest BCUT2D eigenvalue weighted by molar-refractivity contribution is -0.122. The van der Waals surface area contributed by atoms with Crippen LogP contribution in [0.5, 0.6) is 5.75 Å². The number of rotatable bonds is 8. The average Bonchev–Trinajstić information content (AvgIpc) is 2.99. The van der Waals surface area contributed by atoms with E-state index in [2.05, 4.69) is 22.8 Å². The third-order valence-corrected chi connectivity index (χ3v) is 5.22. The number of aryl methyl sites for hydroxylation is 2. The van der Waals surface area contributed by atoms with Crippen molar-refractivity contribution in [2.24, 2.45) is 0 Å². The molecule has 118 valence electrons. The summed E-state index contributed by atoms with van der Waals surface area (Å²) in [6.07, 6.45) is 0. The molecule has 2 rings (SSSR count). The minimum atomic E-state index is -0.0700. The highest BCUT2D eigenvalue weighted by Gasteiger charge is 2.06. The first-order chi connectivity index (χ1) is 10.7. The van der Waals surface area contributed by atoms with E-state index >= 15 is 0 Å². The number of ether oxygens (including phenoxy) is 1. The van der Waals surface area contributed by atoms with Crippen molar-refractivity contribution in [1.29, 1.82) is 0 Å². The molecule has 0 atom stereocenters. The molecular formula is C17H21NO2S2. The summed E-state index contributed by atoms with van der Waals surface area (Å²) < 4.78 is 5.63. The minimum Gasteiger partial charge on any atom is -0.483 e. The molecule has 22 heavy (non-hydrogen) atoms. The van der Waals surface area contributed by atoms with Crippen LogP contribution in [0.4, 0.5) is 0 Å². The molecule has 1 N–H and O–H groups in total. The molecule has 0 radical (unpaired) electrons. The molecule has 1 aromatic carbocycles. The highest BCUT2D eigenvalue weighted by molar-refractivity contribution is 7.98. The number of thioether (sulfide) groups is 1. The number of carbonyl (C=O) groups is 1. The highest BCUT2D eigenvalue weighted by atomic mass is 32.2. The van der Waals surface area contributed by atoms with E-state index in [4.69, 9.17) is 4.74 Å². The molecule has 0 unspecified atom stereocenters. The Morgan fingerprint density at radius 1 is 1.23 bits per heavy atom. The van der Waals surface area contributed by atoms with Crippen molar-refractivity contribution in [2.75, 3.05) is 18.9 Å². The van der Waals surface area contributed by atoms with E-state index in [1.54, 1.807) is 11.3 Å². The molecule has 2 aromatic rings. The Balaban J connectivity index is 1.62. The zero-order valence-electron chi connectivity index (χ0n) is 12.9. The second-order valence-electron chi connectivity index (χ2n) is 4.99. The number of para-hydroxylation sites is 1. The first-order valence-electron chi connectivity index (χ1n) is 7.22. The number of hydrogen-bond acceptors (Lipinski definition) is 4. The zero-order chi connectivity index (χ0) is 15.8. The fourth-order valence-corrected chi connectivity index (χ4v) is 3.75. The molecule has 0 spiro atoms. The van der Waals surface area contributed by atoms with Gasteiger partial charge in [0.15, 0.2) is 6.61 Å². The molecule has 0 saturated heterocycles. The Labute approximate surface area is 140 Å². The van der Waals surface area contributed by atoms with Crippen LogP contribution in [0.3, 0.4) is 0 Å². The third-order valence-electron chi connectivity index (χ3n) is 3.15. The van der Waals surface area contributed by atoms with Crippen LogP contribution in [0, 0.1) is 13.8 Å². The third kappa shape index (κ3) is 5.39. The van der Waals surface area contributed by atoms with Crippen LogP contribution in [0.25, 0.3) is 0 Å². The maximum atomic E-state index is 11.8. The Morgan fingerprint density at radius 3 is 2.68 bits per heavy atom. The molecule has 0 saturated carbocycles. The van der Waals surface area contributed by atoms with Crippen LogP contribution in [-0.2, 0) is 10.5 Å². The molecule has 1 heterocycles. The van der Waals surface area contributed by atoms with Crippen molar-refractivity contribution in [3.8, 4) is 5.75 Å². The summed E-state index contributed by atoms with van der Waals surface area (Å²) in [6, 6.07) is 10.2. The van der Waals surface area contributed by atoms with Gasteiger partial charge in [0.2, 0.25) is 0 Å². The summed E-state index contributed by atoms with van der Waals surface area (Å²) >= 11 is 3.59. The smallest absolute Gasteiger partial charge is 0.257 e. The topological polar surface area (TPSA) is 38.3 Å². The lowest BCUT2D eigenvalue weighted by Crippen LogP contribution is -2.30. The van der Waals surface area contributed by atoms with E-state index in [1.165, 1.54) is 4.88 Å². The van der Waals surface area contributed by atoms with Crippen molar-refractivity contribution < 1.29 is 9.53 Å². The van der Waals surface area contributed by atoms with Crippen LogP contribution >= 0.6 is 23.1 Å². The van der Waals surface area contributed by atoms with E-state index in [9.17, 15) is 4.79 Å². The molecule has 5 heteroatoms. The van der Waals surface area contributed by atoms with Crippen LogP contribution < -0.4 is 10.1 Å². The van der Waals surface area contributed by atoms with Gasteiger partial charge in [-0.2, -0.15) is 11.8 Å². The molecular weight excluding hydrogens is 314 g/mol. The minimum absolute atomic E-state index is 0.0700. The number of hydrogen-bond donors (Lipinski definition) is 1. The number of benzene rings is 1. The molecule has 3 nitrogen and oxygen atoms in total. The molecule has 0 fully saturated rings. The van der Waals surface area contributed by atoms with Gasteiger partial charge in [-0.05, 0) is 36.4 Å². The average molecular weight is 335 g/mol. The molecule has 1 aromatic heterocycles. The van der Waals surface area contributed by atoms with Gasteiger partial charge in [0.1, 0.15) is 5.75 Å². The van der Waals surface area contributed by atoms with Crippen LogP contribution in [0.15, 0.2) is 35.7 Å². The molecule has 0 aliphatic heterocycles. The fourth-order valence-electron chi connectivity index (χ4n) is 2.05.